The van der Waals surface area contributed by atoms with Crippen molar-refractivity contribution in [2.45, 2.75) is 33.6 Å². The van der Waals surface area contributed by atoms with Gasteiger partial charge in [0.2, 0.25) is 0 Å². The molecule has 0 aliphatic heterocycles. The Morgan fingerprint density at radius 1 is 1.10 bits per heavy atom. The molecule has 1 nitrogen and oxygen atoms in total. The minimum Gasteiger partial charge on any atom is -0.261 e. The highest BCUT2D eigenvalue weighted by molar-refractivity contribution is 6.03. The Hall–Kier alpha value is -2.15. The van der Waals surface area contributed by atoms with Gasteiger partial charge in [0.1, 0.15) is 0 Å². The van der Waals surface area contributed by atoms with Crippen molar-refractivity contribution in [1.29, 1.82) is 0 Å². The first-order valence-corrected chi connectivity index (χ1v) is 7.47. The Balaban J connectivity index is 2.44. The number of hydrogen-bond donors (Lipinski definition) is 0. The third kappa shape index (κ3) is 3.69. The monoisotopic (exact) mass is 277 g/mol. The highest BCUT2D eigenvalue weighted by atomic mass is 14.7. The highest BCUT2D eigenvalue weighted by Gasteiger charge is 2.10. The second-order valence-electron chi connectivity index (χ2n) is 5.37. The van der Waals surface area contributed by atoms with Crippen LogP contribution in [0.3, 0.4) is 0 Å². The van der Waals surface area contributed by atoms with E-state index in [0.717, 1.165) is 18.6 Å². The predicted molar refractivity (Wildman–Crippen MR) is 92.2 cm³/mol. The molecule has 0 radical (unpaired) electrons. The van der Waals surface area contributed by atoms with Crippen molar-refractivity contribution in [3.05, 3.63) is 83.1 Å². The summed E-state index contributed by atoms with van der Waals surface area (Å²) in [4.78, 5) is 4.54. The Morgan fingerprint density at radius 3 is 2.43 bits per heavy atom. The van der Waals surface area contributed by atoms with Crippen molar-refractivity contribution in [3.63, 3.8) is 0 Å². The topological polar surface area (TPSA) is 12.4 Å². The Morgan fingerprint density at radius 2 is 1.81 bits per heavy atom. The van der Waals surface area contributed by atoms with Crippen LogP contribution in [0.4, 0.5) is 0 Å². The van der Waals surface area contributed by atoms with Gasteiger partial charge in [-0.05, 0) is 54.2 Å². The van der Waals surface area contributed by atoms with E-state index in [1.165, 1.54) is 27.8 Å². The van der Waals surface area contributed by atoms with Crippen molar-refractivity contribution in [1.82, 2.24) is 0 Å². The molecule has 2 aromatic rings. The Bertz CT molecular complexity index is 651. The lowest BCUT2D eigenvalue weighted by Crippen LogP contribution is -2.08. The van der Waals surface area contributed by atoms with E-state index in [2.05, 4.69) is 68.7 Å². The van der Waals surface area contributed by atoms with Gasteiger partial charge in [-0.1, -0.05) is 49.9 Å². The summed E-state index contributed by atoms with van der Waals surface area (Å²) in [5.41, 5.74) is 7.62. The lowest BCUT2D eigenvalue weighted by atomic mass is 9.93. The van der Waals surface area contributed by atoms with Gasteiger partial charge in [-0.15, -0.1) is 0 Å². The SMILES string of the molecule is C=C/N=C(/Cc1ccccc1)c1cc(CC)c(C)cc1C. The minimum atomic E-state index is 0.833. The third-order valence-electron chi connectivity index (χ3n) is 3.84. The normalized spacial score (nSPS) is 11.5. The summed E-state index contributed by atoms with van der Waals surface area (Å²) in [7, 11) is 0. The summed E-state index contributed by atoms with van der Waals surface area (Å²) < 4.78 is 0. The van der Waals surface area contributed by atoms with Crippen LogP contribution in [-0.4, -0.2) is 5.71 Å². The second-order valence-corrected chi connectivity index (χ2v) is 5.37. The molecule has 0 aliphatic carbocycles. The molecule has 0 saturated carbocycles. The van der Waals surface area contributed by atoms with Crippen LogP contribution in [0, 0.1) is 13.8 Å². The third-order valence-corrected chi connectivity index (χ3v) is 3.84. The van der Waals surface area contributed by atoms with Crippen LogP contribution in [0.15, 0.2) is 60.2 Å². The van der Waals surface area contributed by atoms with Crippen molar-refractivity contribution in [3.8, 4) is 0 Å². The van der Waals surface area contributed by atoms with Gasteiger partial charge in [-0.3, -0.25) is 4.99 Å². The zero-order valence-electron chi connectivity index (χ0n) is 13.2. The van der Waals surface area contributed by atoms with E-state index in [4.69, 9.17) is 0 Å². The first kappa shape index (κ1) is 15.2. The van der Waals surface area contributed by atoms with Crippen molar-refractivity contribution in [2.24, 2.45) is 4.99 Å². The standard InChI is InChI=1S/C20H23N/c1-5-18-14-19(16(4)12-15(18)3)20(21-6-2)13-17-10-8-7-9-11-17/h6-12,14H,2,5,13H2,1,3-4H3/b21-20-. The fraction of sp³-hybridized carbons (Fsp3) is 0.250. The first-order valence-electron chi connectivity index (χ1n) is 7.47. The molecule has 0 heterocycles. The summed E-state index contributed by atoms with van der Waals surface area (Å²) in [6.45, 7) is 10.3. The van der Waals surface area contributed by atoms with Gasteiger partial charge in [0.05, 0.1) is 5.71 Å². The second kappa shape index (κ2) is 7.03. The summed E-state index contributed by atoms with van der Waals surface area (Å²) in [5.74, 6) is 0. The van der Waals surface area contributed by atoms with Gasteiger partial charge in [-0.2, -0.15) is 0 Å². The molecule has 21 heavy (non-hydrogen) atoms. The molecule has 0 amide bonds. The van der Waals surface area contributed by atoms with Crippen LogP contribution in [0.25, 0.3) is 0 Å². The van der Waals surface area contributed by atoms with E-state index in [1.807, 2.05) is 6.07 Å². The van der Waals surface area contributed by atoms with Crippen LogP contribution < -0.4 is 0 Å². The summed E-state index contributed by atoms with van der Waals surface area (Å²) >= 11 is 0. The number of rotatable bonds is 5. The zero-order chi connectivity index (χ0) is 15.2. The quantitative estimate of drug-likeness (QED) is 0.679. The van der Waals surface area contributed by atoms with Crippen LogP contribution >= 0.6 is 0 Å². The van der Waals surface area contributed by atoms with Gasteiger partial charge in [0, 0.05) is 12.6 Å². The Kier molecular flexibility index (Phi) is 5.10. The van der Waals surface area contributed by atoms with Gasteiger partial charge in [-0.25, -0.2) is 0 Å². The number of nitrogens with zero attached hydrogens (tertiary/aromatic N) is 1. The number of hydrogen-bond acceptors (Lipinski definition) is 1. The number of aryl methyl sites for hydroxylation is 3. The van der Waals surface area contributed by atoms with Crippen molar-refractivity contribution in [2.75, 3.05) is 0 Å². The van der Waals surface area contributed by atoms with Gasteiger partial charge in [0.25, 0.3) is 0 Å². The average molecular weight is 277 g/mol. The molecule has 0 saturated heterocycles. The van der Waals surface area contributed by atoms with E-state index >= 15 is 0 Å². The van der Waals surface area contributed by atoms with Crippen LogP contribution in [-0.2, 0) is 12.8 Å². The molecule has 0 unspecified atom stereocenters. The summed E-state index contributed by atoms with van der Waals surface area (Å²) in [6.07, 6.45) is 3.52. The number of aliphatic imine (C=N–C) groups is 1. The maximum atomic E-state index is 4.54. The molecule has 0 bridgehead atoms. The minimum absolute atomic E-state index is 0.833. The van der Waals surface area contributed by atoms with Gasteiger partial charge in [0.15, 0.2) is 0 Å². The summed E-state index contributed by atoms with van der Waals surface area (Å²) in [5, 5.41) is 0. The molecular formula is C20H23N. The largest absolute Gasteiger partial charge is 0.261 e. The molecule has 2 rings (SSSR count). The molecule has 0 spiro atoms. The van der Waals surface area contributed by atoms with Crippen LogP contribution in [0.5, 0.6) is 0 Å². The van der Waals surface area contributed by atoms with E-state index in [-0.39, 0.29) is 0 Å². The van der Waals surface area contributed by atoms with Crippen molar-refractivity contribution < 1.29 is 0 Å². The molecule has 1 heteroatoms. The van der Waals surface area contributed by atoms with E-state index in [9.17, 15) is 0 Å². The smallest absolute Gasteiger partial charge is 0.0522 e. The lowest BCUT2D eigenvalue weighted by molar-refractivity contribution is 1.10. The van der Waals surface area contributed by atoms with E-state index in [1.54, 1.807) is 6.20 Å². The van der Waals surface area contributed by atoms with Crippen LogP contribution in [0.1, 0.15) is 34.7 Å². The molecule has 2 aromatic carbocycles. The molecule has 0 atom stereocenters. The highest BCUT2D eigenvalue weighted by Crippen LogP contribution is 2.19. The molecule has 0 fully saturated rings. The molecule has 0 aliphatic rings. The van der Waals surface area contributed by atoms with Crippen molar-refractivity contribution >= 4 is 5.71 Å². The first-order chi connectivity index (χ1) is 10.2. The fourth-order valence-electron chi connectivity index (χ4n) is 2.70. The van der Waals surface area contributed by atoms with Gasteiger partial charge < -0.3 is 0 Å². The van der Waals surface area contributed by atoms with Crippen LogP contribution in [0.2, 0.25) is 0 Å². The predicted octanol–water partition coefficient (Wildman–Crippen LogP) is 5.04. The van der Waals surface area contributed by atoms with E-state index < -0.39 is 0 Å². The number of benzene rings is 2. The molecule has 0 aromatic heterocycles. The van der Waals surface area contributed by atoms with E-state index in [0.29, 0.717) is 0 Å². The molecule has 0 N–H and O–H groups in total. The zero-order valence-corrected chi connectivity index (χ0v) is 13.2. The maximum Gasteiger partial charge on any atom is 0.0522 e. The summed E-state index contributed by atoms with van der Waals surface area (Å²) in [6, 6.07) is 15.0. The fourth-order valence-corrected chi connectivity index (χ4v) is 2.70. The molecule has 108 valence electrons. The maximum absolute atomic E-state index is 4.54. The average Bonchev–Trinajstić information content (AvgIpc) is 2.48. The Labute approximate surface area is 128 Å². The van der Waals surface area contributed by atoms with Gasteiger partial charge >= 0.3 is 0 Å². The lowest BCUT2D eigenvalue weighted by Gasteiger charge is -2.13. The molecular weight excluding hydrogens is 254 g/mol.